The maximum atomic E-state index is 12.2. The third-order valence-corrected chi connectivity index (χ3v) is 7.11. The van der Waals surface area contributed by atoms with Gasteiger partial charge in [-0.2, -0.15) is 0 Å². The zero-order valence-electron chi connectivity index (χ0n) is 23.0. The van der Waals surface area contributed by atoms with Gasteiger partial charge >= 0.3 is 23.9 Å². The lowest BCUT2D eigenvalue weighted by molar-refractivity contribution is -0.360. The first-order valence-corrected chi connectivity index (χ1v) is 13.5. The highest BCUT2D eigenvalue weighted by molar-refractivity contribution is 9.10. The zero-order chi connectivity index (χ0) is 29.6. The summed E-state index contributed by atoms with van der Waals surface area (Å²) in [6.45, 7) is 6.16. The van der Waals surface area contributed by atoms with E-state index in [-0.39, 0.29) is 5.56 Å². The Morgan fingerprint density at radius 1 is 0.850 bits per heavy atom. The number of carbonyl (C=O) groups is 4. The SMILES string of the molecule is CCc1ccc(Cc2cc([C@@]3(O)O[C@H](COC(C)=O)[C@@H](OC(C)=O)[C@H](OC(C)=O)[C@H]3OC(C)=O)ccc2Br)cc1. The van der Waals surface area contributed by atoms with Gasteiger partial charge in [-0.15, -0.1) is 0 Å². The summed E-state index contributed by atoms with van der Waals surface area (Å²) in [4.78, 5) is 47.9. The highest BCUT2D eigenvalue weighted by Crippen LogP contribution is 2.42. The van der Waals surface area contributed by atoms with Gasteiger partial charge in [-0.05, 0) is 41.7 Å². The minimum atomic E-state index is -2.39. The first-order valence-electron chi connectivity index (χ1n) is 12.8. The number of carbonyl (C=O) groups excluding carboxylic acids is 4. The summed E-state index contributed by atoms with van der Waals surface area (Å²) in [7, 11) is 0. The van der Waals surface area contributed by atoms with E-state index in [0.717, 1.165) is 42.8 Å². The van der Waals surface area contributed by atoms with Crippen LogP contribution < -0.4 is 0 Å². The van der Waals surface area contributed by atoms with E-state index >= 15 is 0 Å². The van der Waals surface area contributed by atoms with Crippen LogP contribution in [0.5, 0.6) is 0 Å². The van der Waals surface area contributed by atoms with Crippen molar-refractivity contribution in [1.82, 2.24) is 0 Å². The number of ether oxygens (including phenoxy) is 5. The molecule has 0 saturated carbocycles. The third-order valence-electron chi connectivity index (χ3n) is 6.34. The molecule has 0 aromatic heterocycles. The Bertz CT molecular complexity index is 1240. The van der Waals surface area contributed by atoms with Gasteiger partial charge in [-0.1, -0.05) is 53.2 Å². The largest absolute Gasteiger partial charge is 0.463 e. The van der Waals surface area contributed by atoms with Crippen molar-refractivity contribution >= 4 is 39.8 Å². The van der Waals surface area contributed by atoms with E-state index in [1.54, 1.807) is 18.2 Å². The van der Waals surface area contributed by atoms with Crippen molar-refractivity contribution in [3.63, 3.8) is 0 Å². The van der Waals surface area contributed by atoms with E-state index in [1.165, 1.54) is 12.5 Å². The summed E-state index contributed by atoms with van der Waals surface area (Å²) in [6.07, 6.45) is -4.41. The fourth-order valence-corrected chi connectivity index (χ4v) is 4.95. The normalized spacial score (nSPS) is 24.1. The second-order valence-corrected chi connectivity index (χ2v) is 10.3. The molecular weight excluding hydrogens is 588 g/mol. The van der Waals surface area contributed by atoms with Crippen LogP contribution in [0.3, 0.4) is 0 Å². The van der Waals surface area contributed by atoms with Gasteiger partial charge in [0.05, 0.1) is 0 Å². The molecule has 11 heteroatoms. The molecule has 1 N–H and O–H groups in total. The van der Waals surface area contributed by atoms with Gasteiger partial charge in [-0.3, -0.25) is 19.2 Å². The third kappa shape index (κ3) is 7.67. The molecule has 0 aliphatic carbocycles. The molecule has 2 aromatic rings. The Morgan fingerprint density at radius 2 is 1.43 bits per heavy atom. The number of benzene rings is 2. The Hall–Kier alpha value is -3.28. The molecule has 0 radical (unpaired) electrons. The molecule has 2 aromatic carbocycles. The predicted octanol–water partition coefficient (Wildman–Crippen LogP) is 3.50. The molecule has 0 spiro atoms. The second kappa shape index (κ2) is 13.4. The monoisotopic (exact) mass is 620 g/mol. The maximum Gasteiger partial charge on any atom is 0.303 e. The van der Waals surface area contributed by atoms with Crippen molar-refractivity contribution < 1.29 is 48.0 Å². The molecule has 216 valence electrons. The molecule has 3 rings (SSSR count). The number of hydrogen-bond donors (Lipinski definition) is 1. The number of esters is 4. The fraction of sp³-hybridized carbons (Fsp3) is 0.448. The van der Waals surface area contributed by atoms with Crippen LogP contribution in [0.25, 0.3) is 0 Å². The molecule has 1 aliphatic rings. The summed E-state index contributed by atoms with van der Waals surface area (Å²) < 4.78 is 28.2. The number of aryl methyl sites for hydroxylation is 1. The van der Waals surface area contributed by atoms with Crippen LogP contribution >= 0.6 is 15.9 Å². The first kappa shape index (κ1) is 31.3. The number of hydrogen-bond acceptors (Lipinski definition) is 10. The smallest absolute Gasteiger partial charge is 0.303 e. The first-order chi connectivity index (χ1) is 18.8. The van der Waals surface area contributed by atoms with Gasteiger partial charge in [0.15, 0.2) is 12.2 Å². The van der Waals surface area contributed by atoms with Gasteiger partial charge in [0.2, 0.25) is 11.9 Å². The molecule has 10 nitrogen and oxygen atoms in total. The van der Waals surface area contributed by atoms with Crippen molar-refractivity contribution in [2.45, 2.75) is 77.7 Å². The number of rotatable bonds is 9. The van der Waals surface area contributed by atoms with E-state index in [0.29, 0.717) is 6.42 Å². The predicted molar refractivity (Wildman–Crippen MR) is 145 cm³/mol. The molecule has 1 aliphatic heterocycles. The van der Waals surface area contributed by atoms with Crippen molar-refractivity contribution in [3.8, 4) is 0 Å². The van der Waals surface area contributed by atoms with Crippen LogP contribution in [0.4, 0.5) is 0 Å². The van der Waals surface area contributed by atoms with Crippen LogP contribution in [0, 0.1) is 0 Å². The van der Waals surface area contributed by atoms with E-state index < -0.39 is 60.7 Å². The molecule has 1 heterocycles. The Balaban J connectivity index is 2.12. The molecule has 0 unspecified atom stereocenters. The minimum absolute atomic E-state index is 0.174. The standard InChI is InChI=1S/C29H33BrO10/c1-6-20-7-9-21(10-8-20)13-22-14-23(11-12-24(22)30)29(35)28(39-19(5)34)27(38-18(4)33)26(37-17(3)32)25(40-29)15-36-16(2)31/h7-12,14,25-28,35H,6,13,15H2,1-5H3/t25-,26-,27+,28-,29-/m1/s1. The Labute approximate surface area is 241 Å². The molecule has 1 saturated heterocycles. The van der Waals surface area contributed by atoms with Gasteiger partial charge in [0, 0.05) is 37.7 Å². The summed E-state index contributed by atoms with van der Waals surface area (Å²) in [6, 6.07) is 13.1. The van der Waals surface area contributed by atoms with E-state index in [4.69, 9.17) is 23.7 Å². The van der Waals surface area contributed by atoms with Gasteiger partial charge in [-0.25, -0.2) is 0 Å². The second-order valence-electron chi connectivity index (χ2n) is 9.49. The number of halogens is 1. The highest BCUT2D eigenvalue weighted by Gasteiger charge is 2.60. The van der Waals surface area contributed by atoms with Gasteiger partial charge < -0.3 is 28.8 Å². The summed E-state index contributed by atoms with van der Waals surface area (Å²) in [5.74, 6) is -5.40. The maximum absolute atomic E-state index is 12.2. The van der Waals surface area contributed by atoms with Crippen LogP contribution in [0.2, 0.25) is 0 Å². The van der Waals surface area contributed by atoms with Crippen LogP contribution in [-0.4, -0.2) is 60.0 Å². The average molecular weight is 621 g/mol. The van der Waals surface area contributed by atoms with Gasteiger partial charge in [0.25, 0.3) is 0 Å². The Morgan fingerprint density at radius 3 is 1.98 bits per heavy atom. The van der Waals surface area contributed by atoms with Crippen molar-refractivity contribution in [1.29, 1.82) is 0 Å². The van der Waals surface area contributed by atoms with E-state index in [1.807, 2.05) is 24.3 Å². The van der Waals surface area contributed by atoms with Crippen LogP contribution in [0.15, 0.2) is 46.9 Å². The molecule has 5 atom stereocenters. The molecule has 0 amide bonds. The molecular formula is C29H33BrO10. The fourth-order valence-electron chi connectivity index (χ4n) is 4.56. The molecule has 40 heavy (non-hydrogen) atoms. The van der Waals surface area contributed by atoms with E-state index in [2.05, 4.69) is 22.9 Å². The summed E-state index contributed by atoms with van der Waals surface area (Å²) >= 11 is 3.55. The lowest BCUT2D eigenvalue weighted by Gasteiger charge is -2.48. The molecule has 0 bridgehead atoms. The van der Waals surface area contributed by atoms with Crippen molar-refractivity contribution in [3.05, 3.63) is 69.2 Å². The molecule has 1 fully saturated rings. The lowest BCUT2D eigenvalue weighted by Crippen LogP contribution is -2.66. The van der Waals surface area contributed by atoms with Crippen molar-refractivity contribution in [2.24, 2.45) is 0 Å². The number of aliphatic hydroxyl groups is 1. The zero-order valence-corrected chi connectivity index (χ0v) is 24.6. The topological polar surface area (TPSA) is 135 Å². The highest BCUT2D eigenvalue weighted by atomic mass is 79.9. The minimum Gasteiger partial charge on any atom is -0.463 e. The summed E-state index contributed by atoms with van der Waals surface area (Å²) in [5, 5.41) is 12.1. The summed E-state index contributed by atoms with van der Waals surface area (Å²) in [5.41, 5.74) is 3.17. The van der Waals surface area contributed by atoms with Gasteiger partial charge in [0.1, 0.15) is 12.7 Å². The van der Waals surface area contributed by atoms with Crippen LogP contribution in [0.1, 0.15) is 56.9 Å². The Kier molecular flexibility index (Phi) is 10.5. The van der Waals surface area contributed by atoms with Crippen LogP contribution in [-0.2, 0) is 61.5 Å². The van der Waals surface area contributed by atoms with Crippen molar-refractivity contribution in [2.75, 3.05) is 6.61 Å². The lowest BCUT2D eigenvalue weighted by atomic mass is 9.86. The average Bonchev–Trinajstić information content (AvgIpc) is 2.87. The van der Waals surface area contributed by atoms with E-state index in [9.17, 15) is 24.3 Å². The quantitative estimate of drug-likeness (QED) is 0.328.